The topological polar surface area (TPSA) is 52.0 Å². The highest BCUT2D eigenvalue weighted by Gasteiger charge is 2.12. The molecule has 2 nitrogen and oxygen atoms in total. The first kappa shape index (κ1) is 5.64. The van der Waals surface area contributed by atoms with Gasteiger partial charge in [-0.1, -0.05) is 0 Å². The number of hydrogen-bond acceptors (Lipinski definition) is 2. The SMILES string of the molecule is C[P+](N)(N)Cl. The minimum Gasteiger partial charge on any atom is -0.175 e. The van der Waals surface area contributed by atoms with E-state index in [2.05, 4.69) is 0 Å². The molecule has 0 aliphatic rings. The third-order valence-corrected chi connectivity index (χ3v) is 0. The van der Waals surface area contributed by atoms with Gasteiger partial charge in [-0.3, -0.25) is 0 Å². The molecule has 0 unspecified atom stereocenters. The molecule has 0 bridgehead atoms. The minimum absolute atomic E-state index is 1.62. The van der Waals surface area contributed by atoms with E-state index in [9.17, 15) is 0 Å². The van der Waals surface area contributed by atoms with Crippen molar-refractivity contribution < 1.29 is 0 Å². The first-order chi connectivity index (χ1) is 2.00. The molecule has 0 aliphatic carbocycles. The lowest BCUT2D eigenvalue weighted by Gasteiger charge is -1.90. The molecule has 0 rings (SSSR count). The molecule has 32 valence electrons. The molecule has 0 saturated carbocycles. The molecule has 4 N–H and O–H groups in total. The fourth-order valence-corrected chi connectivity index (χ4v) is 0. The summed E-state index contributed by atoms with van der Waals surface area (Å²) in [6.07, 6.45) is 0. The van der Waals surface area contributed by atoms with Crippen molar-refractivity contribution in [3.05, 3.63) is 0 Å². The maximum absolute atomic E-state index is 5.20. The van der Waals surface area contributed by atoms with Crippen LogP contribution in [0.4, 0.5) is 0 Å². The molecule has 4 heteroatoms. The van der Waals surface area contributed by atoms with Crippen molar-refractivity contribution in [2.45, 2.75) is 0 Å². The second-order valence-electron chi connectivity index (χ2n) is 1.03. The summed E-state index contributed by atoms with van der Waals surface area (Å²) < 4.78 is 0. The highest BCUT2D eigenvalue weighted by atomic mass is 35.7. The standard InChI is InChI=1S/CH7ClN2P/c1-5(2,3)4/h3-4H2,1H3/q+1. The Morgan fingerprint density at radius 3 is 1.60 bits per heavy atom. The molecule has 0 atom stereocenters. The van der Waals surface area contributed by atoms with Crippen LogP contribution in [0.2, 0.25) is 0 Å². The first-order valence-corrected chi connectivity index (χ1v) is 4.41. The van der Waals surface area contributed by atoms with E-state index >= 15 is 0 Å². The second-order valence-corrected chi connectivity index (χ2v) is 5.27. The van der Waals surface area contributed by atoms with E-state index in [1.165, 1.54) is 0 Å². The van der Waals surface area contributed by atoms with E-state index in [1.54, 1.807) is 6.66 Å². The Morgan fingerprint density at radius 2 is 1.60 bits per heavy atom. The lowest BCUT2D eigenvalue weighted by atomic mass is 12.0. The molecular weight excluding hydrogens is 106 g/mol. The van der Waals surface area contributed by atoms with Crippen LogP contribution in [0, 0.1) is 0 Å². The smallest absolute Gasteiger partial charge is 0.175 e. The summed E-state index contributed by atoms with van der Waals surface area (Å²) in [5.74, 6) is 0. The van der Waals surface area contributed by atoms with Crippen molar-refractivity contribution in [2.75, 3.05) is 6.66 Å². The van der Waals surface area contributed by atoms with Crippen molar-refractivity contribution in [1.82, 2.24) is 0 Å². The summed E-state index contributed by atoms with van der Waals surface area (Å²) in [6.45, 7) is -0.297. The van der Waals surface area contributed by atoms with E-state index in [-0.39, 0.29) is 0 Å². The van der Waals surface area contributed by atoms with Gasteiger partial charge >= 0.3 is 0 Å². The molecule has 5 heavy (non-hydrogen) atoms. The normalized spacial score (nSPS) is 12.0. The Balaban J connectivity index is 3.02. The van der Waals surface area contributed by atoms with Gasteiger partial charge in [0.15, 0.2) is 0 Å². The van der Waals surface area contributed by atoms with E-state index < -0.39 is 6.92 Å². The zero-order valence-corrected chi connectivity index (χ0v) is 4.63. The summed E-state index contributed by atoms with van der Waals surface area (Å²) in [6, 6.07) is 0. The average molecular weight is 114 g/mol. The van der Waals surface area contributed by atoms with Crippen LogP contribution in [0.5, 0.6) is 0 Å². The van der Waals surface area contributed by atoms with Crippen LogP contribution in [-0.4, -0.2) is 6.66 Å². The van der Waals surface area contributed by atoms with Gasteiger partial charge in [0.05, 0.1) is 6.66 Å². The van der Waals surface area contributed by atoms with E-state index in [1.807, 2.05) is 0 Å². The fourth-order valence-electron chi connectivity index (χ4n) is 0. The van der Waals surface area contributed by atoms with Crippen molar-refractivity contribution >= 4 is 18.2 Å². The van der Waals surface area contributed by atoms with Crippen molar-refractivity contribution in [3.8, 4) is 0 Å². The van der Waals surface area contributed by atoms with Crippen LogP contribution in [0.3, 0.4) is 0 Å². The van der Waals surface area contributed by atoms with Gasteiger partial charge < -0.3 is 0 Å². The van der Waals surface area contributed by atoms with Gasteiger partial charge in [0, 0.05) is 0 Å². The zero-order chi connectivity index (χ0) is 4.50. The van der Waals surface area contributed by atoms with Crippen LogP contribution in [0.1, 0.15) is 0 Å². The van der Waals surface area contributed by atoms with Gasteiger partial charge in [0.2, 0.25) is 6.92 Å². The number of rotatable bonds is 0. The molecule has 0 aromatic rings. The number of hydrogen-bond donors (Lipinski definition) is 2. The molecule has 0 saturated heterocycles. The molecule has 0 aromatic heterocycles. The molecule has 0 aromatic carbocycles. The maximum Gasteiger partial charge on any atom is 0.241 e. The van der Waals surface area contributed by atoms with E-state index in [4.69, 9.17) is 22.2 Å². The zero-order valence-electron chi connectivity index (χ0n) is 2.98. The summed E-state index contributed by atoms with van der Waals surface area (Å²) in [4.78, 5) is 0. The average Bonchev–Trinajstić information content (AvgIpc) is 0.722. The second kappa shape index (κ2) is 1.39. The minimum atomic E-state index is -1.92. The lowest BCUT2D eigenvalue weighted by molar-refractivity contribution is 1.75. The lowest BCUT2D eigenvalue weighted by Crippen LogP contribution is -2.03. The van der Waals surface area contributed by atoms with Crippen molar-refractivity contribution in [3.63, 3.8) is 0 Å². The van der Waals surface area contributed by atoms with Crippen LogP contribution in [0.25, 0.3) is 0 Å². The highest BCUT2D eigenvalue weighted by molar-refractivity contribution is 7.94. The molecule has 0 heterocycles. The fraction of sp³-hybridized carbons (Fsp3) is 1.00. The van der Waals surface area contributed by atoms with Gasteiger partial charge in [0.25, 0.3) is 0 Å². The Bertz CT molecular complexity index is 25.1. The largest absolute Gasteiger partial charge is 0.241 e. The number of halogens is 1. The molecule has 0 spiro atoms. The van der Waals surface area contributed by atoms with Gasteiger partial charge in [-0.2, -0.15) is 11.0 Å². The first-order valence-electron chi connectivity index (χ1n) is 1.13. The van der Waals surface area contributed by atoms with Gasteiger partial charge in [-0.05, 0) is 0 Å². The predicted molar refractivity (Wildman–Crippen MR) is 27.1 cm³/mol. The van der Waals surface area contributed by atoms with Crippen LogP contribution in [-0.2, 0) is 0 Å². The third kappa shape index (κ3) is 79.0. The Morgan fingerprint density at radius 1 is 1.60 bits per heavy atom. The van der Waals surface area contributed by atoms with Crippen LogP contribution >= 0.6 is 18.2 Å². The summed E-state index contributed by atoms with van der Waals surface area (Å²) >= 11 is 5.20. The summed E-state index contributed by atoms with van der Waals surface area (Å²) in [5.41, 5.74) is 10.0. The predicted octanol–water partition coefficient (Wildman–Crippen LogP) is 0.535. The van der Waals surface area contributed by atoms with Crippen LogP contribution < -0.4 is 11.0 Å². The van der Waals surface area contributed by atoms with Crippen molar-refractivity contribution in [2.24, 2.45) is 11.0 Å². The maximum atomic E-state index is 5.20. The Labute approximate surface area is 36.7 Å². The van der Waals surface area contributed by atoms with E-state index in [0.717, 1.165) is 0 Å². The summed E-state index contributed by atoms with van der Waals surface area (Å²) in [7, 11) is 0. The van der Waals surface area contributed by atoms with Crippen LogP contribution in [0.15, 0.2) is 0 Å². The highest BCUT2D eigenvalue weighted by Crippen LogP contribution is 2.41. The molecule has 0 radical (unpaired) electrons. The molecular formula is CH7ClN2P+. The monoisotopic (exact) mass is 113 g/mol. The van der Waals surface area contributed by atoms with E-state index in [0.29, 0.717) is 0 Å². The third-order valence-electron chi connectivity index (χ3n) is 0. The molecule has 0 aliphatic heterocycles. The summed E-state index contributed by atoms with van der Waals surface area (Å²) in [5, 5.41) is 0. The van der Waals surface area contributed by atoms with Gasteiger partial charge in [-0.25, -0.2) is 0 Å². The number of nitrogens with two attached hydrogens (primary N) is 2. The van der Waals surface area contributed by atoms with Crippen molar-refractivity contribution in [1.29, 1.82) is 0 Å². The van der Waals surface area contributed by atoms with Gasteiger partial charge in [-0.15, -0.1) is 0 Å². The van der Waals surface area contributed by atoms with Gasteiger partial charge in [0.1, 0.15) is 11.2 Å². The molecule has 0 amide bonds. The molecule has 0 fully saturated rings. The quantitative estimate of drug-likeness (QED) is 0.451. The Kier molecular flexibility index (Phi) is 1.57. The Hall–Kier alpha value is 0.640.